The van der Waals surface area contributed by atoms with Crippen LogP contribution in [0.25, 0.3) is 22.4 Å². The van der Waals surface area contributed by atoms with Crippen LogP contribution in [-0.2, 0) is 0 Å². The number of imidazole rings is 1. The number of hydrogen-bond acceptors (Lipinski definition) is 7. The summed E-state index contributed by atoms with van der Waals surface area (Å²) in [6, 6.07) is 2.34. The van der Waals surface area contributed by atoms with Crippen molar-refractivity contribution in [1.29, 1.82) is 0 Å². The molecular weight excluding hydrogens is 420 g/mol. The van der Waals surface area contributed by atoms with Crippen molar-refractivity contribution in [1.82, 2.24) is 34.3 Å². The highest BCUT2D eigenvalue weighted by Crippen LogP contribution is 2.56. The van der Waals surface area contributed by atoms with Crippen molar-refractivity contribution in [2.24, 2.45) is 5.41 Å². The molecule has 4 aromatic heterocycles. The standard InChI is InChI=1S/C23H26N8O2/c1-24-19(32)17-12-26-22-25-11-14(13-30(17)22)16-5-10-31-18(16)20(33-2)28-21(29-31)27-15-3-6-23(7-4-15)8-9-23/h5,10-13,15H,3-4,6-9H2,1-2H3,(H,24,32)(H,27,29). The van der Waals surface area contributed by atoms with E-state index >= 15 is 0 Å². The zero-order valence-corrected chi connectivity index (χ0v) is 18.7. The molecule has 33 heavy (non-hydrogen) atoms. The van der Waals surface area contributed by atoms with Gasteiger partial charge in [0, 0.05) is 42.8 Å². The van der Waals surface area contributed by atoms with Gasteiger partial charge in [-0.3, -0.25) is 9.20 Å². The van der Waals surface area contributed by atoms with Crippen LogP contribution in [0.3, 0.4) is 0 Å². The average Bonchev–Trinajstić information content (AvgIpc) is 3.26. The fraction of sp³-hybridized carbons (Fsp3) is 0.435. The van der Waals surface area contributed by atoms with E-state index in [9.17, 15) is 4.79 Å². The molecule has 0 unspecified atom stereocenters. The Morgan fingerprint density at radius 2 is 1.97 bits per heavy atom. The molecule has 2 N–H and O–H groups in total. The quantitative estimate of drug-likeness (QED) is 0.485. The lowest BCUT2D eigenvalue weighted by atomic mass is 9.83. The normalized spacial score (nSPS) is 17.5. The predicted molar refractivity (Wildman–Crippen MR) is 122 cm³/mol. The lowest BCUT2D eigenvalue weighted by Crippen LogP contribution is -2.28. The van der Waals surface area contributed by atoms with Gasteiger partial charge in [-0.2, -0.15) is 4.98 Å². The first-order valence-electron chi connectivity index (χ1n) is 11.3. The van der Waals surface area contributed by atoms with Gasteiger partial charge >= 0.3 is 0 Å². The van der Waals surface area contributed by atoms with E-state index in [1.807, 2.05) is 18.5 Å². The number of anilines is 1. The molecule has 0 radical (unpaired) electrons. The number of aromatic nitrogens is 6. The van der Waals surface area contributed by atoms with Crippen LogP contribution in [0.15, 0.2) is 30.9 Å². The van der Waals surface area contributed by atoms with Gasteiger partial charge < -0.3 is 15.4 Å². The Morgan fingerprint density at radius 1 is 1.18 bits per heavy atom. The Labute approximate surface area is 190 Å². The fourth-order valence-corrected chi connectivity index (χ4v) is 4.97. The third kappa shape index (κ3) is 3.37. The predicted octanol–water partition coefficient (Wildman–Crippen LogP) is 2.94. The number of methoxy groups -OCH3 is 1. The zero-order chi connectivity index (χ0) is 22.6. The molecule has 6 rings (SSSR count). The van der Waals surface area contributed by atoms with Crippen LogP contribution >= 0.6 is 0 Å². The first-order valence-corrected chi connectivity index (χ1v) is 11.3. The van der Waals surface area contributed by atoms with Crippen LogP contribution in [0, 0.1) is 5.41 Å². The first kappa shape index (κ1) is 20.0. The molecular formula is C23H26N8O2. The molecule has 0 atom stereocenters. The monoisotopic (exact) mass is 446 g/mol. The molecule has 0 saturated heterocycles. The van der Waals surface area contributed by atoms with E-state index in [0.29, 0.717) is 34.8 Å². The maximum Gasteiger partial charge on any atom is 0.269 e. The molecule has 2 saturated carbocycles. The zero-order valence-electron chi connectivity index (χ0n) is 18.7. The third-order valence-electron chi connectivity index (χ3n) is 7.14. The summed E-state index contributed by atoms with van der Waals surface area (Å²) >= 11 is 0. The van der Waals surface area contributed by atoms with E-state index in [2.05, 4.69) is 25.6 Å². The number of nitrogens with zero attached hydrogens (tertiary/aromatic N) is 6. The van der Waals surface area contributed by atoms with E-state index < -0.39 is 0 Å². The highest BCUT2D eigenvalue weighted by molar-refractivity contribution is 5.93. The molecule has 4 heterocycles. The first-order chi connectivity index (χ1) is 16.1. The number of hydrogen-bond donors (Lipinski definition) is 2. The molecule has 2 fully saturated rings. The number of rotatable bonds is 5. The number of carbonyl (C=O) groups is 1. The minimum Gasteiger partial charge on any atom is -0.479 e. The second kappa shape index (κ2) is 7.43. The minimum absolute atomic E-state index is 0.227. The Morgan fingerprint density at radius 3 is 2.70 bits per heavy atom. The summed E-state index contributed by atoms with van der Waals surface area (Å²) < 4.78 is 9.12. The van der Waals surface area contributed by atoms with Crippen molar-refractivity contribution < 1.29 is 9.53 Å². The van der Waals surface area contributed by atoms with Crippen molar-refractivity contribution in [2.45, 2.75) is 44.6 Å². The Balaban J connectivity index is 1.35. The Bertz CT molecular complexity index is 1360. The minimum atomic E-state index is -0.227. The molecule has 2 aliphatic carbocycles. The lowest BCUT2D eigenvalue weighted by Gasteiger charge is -2.29. The molecule has 10 nitrogen and oxygen atoms in total. The van der Waals surface area contributed by atoms with Gasteiger partial charge in [-0.15, -0.1) is 5.10 Å². The molecule has 0 bridgehead atoms. The number of ether oxygens (including phenoxy) is 1. The van der Waals surface area contributed by atoms with E-state index in [0.717, 1.165) is 29.5 Å². The number of nitrogens with one attached hydrogen (secondary N) is 2. The smallest absolute Gasteiger partial charge is 0.269 e. The van der Waals surface area contributed by atoms with E-state index in [4.69, 9.17) is 9.84 Å². The molecule has 10 heteroatoms. The largest absolute Gasteiger partial charge is 0.479 e. The summed E-state index contributed by atoms with van der Waals surface area (Å²) in [4.78, 5) is 25.5. The van der Waals surface area contributed by atoms with Gasteiger partial charge in [0.2, 0.25) is 17.6 Å². The number of carbonyl (C=O) groups excluding carboxylic acids is 1. The van der Waals surface area contributed by atoms with Gasteiger partial charge in [-0.25, -0.2) is 14.5 Å². The van der Waals surface area contributed by atoms with Crippen molar-refractivity contribution in [3.05, 3.63) is 36.5 Å². The van der Waals surface area contributed by atoms with Gasteiger partial charge in [0.25, 0.3) is 5.91 Å². The lowest BCUT2D eigenvalue weighted by molar-refractivity contribution is 0.0957. The molecule has 0 aliphatic heterocycles. The fourth-order valence-electron chi connectivity index (χ4n) is 4.97. The average molecular weight is 447 g/mol. The molecule has 2 aliphatic rings. The topological polar surface area (TPSA) is 111 Å². The molecule has 1 spiro atoms. The summed E-state index contributed by atoms with van der Waals surface area (Å²) in [5, 5.41) is 10.8. The van der Waals surface area contributed by atoms with Crippen molar-refractivity contribution in [3.8, 4) is 17.0 Å². The third-order valence-corrected chi connectivity index (χ3v) is 7.14. The van der Waals surface area contributed by atoms with Gasteiger partial charge in [-0.05, 0) is 50.0 Å². The van der Waals surface area contributed by atoms with Crippen molar-refractivity contribution >= 4 is 23.1 Å². The summed E-state index contributed by atoms with van der Waals surface area (Å²) in [7, 11) is 3.20. The highest BCUT2D eigenvalue weighted by atomic mass is 16.5. The van der Waals surface area contributed by atoms with E-state index in [-0.39, 0.29) is 5.91 Å². The Hall–Kier alpha value is -3.69. The van der Waals surface area contributed by atoms with Crippen LogP contribution in [0.5, 0.6) is 5.88 Å². The molecule has 0 aromatic carbocycles. The molecule has 170 valence electrons. The summed E-state index contributed by atoms with van der Waals surface area (Å²) in [5.41, 5.74) is 3.47. The maximum atomic E-state index is 12.2. The second-order valence-electron chi connectivity index (χ2n) is 9.12. The SMILES string of the molecule is CNC(=O)c1cnc2ncc(-c3ccn4nc(NC5CCC6(CC5)CC6)nc(OC)c34)cn12. The molecule has 1 amide bonds. The van der Waals surface area contributed by atoms with Crippen molar-refractivity contribution in [2.75, 3.05) is 19.5 Å². The summed E-state index contributed by atoms with van der Waals surface area (Å²) in [5.74, 6) is 1.29. The van der Waals surface area contributed by atoms with Gasteiger partial charge in [0.05, 0.1) is 13.3 Å². The van der Waals surface area contributed by atoms with Gasteiger partial charge in [0.15, 0.2) is 0 Å². The van der Waals surface area contributed by atoms with Crippen LogP contribution in [0.2, 0.25) is 0 Å². The van der Waals surface area contributed by atoms with Crippen LogP contribution in [0.4, 0.5) is 5.95 Å². The van der Waals surface area contributed by atoms with Crippen LogP contribution < -0.4 is 15.4 Å². The van der Waals surface area contributed by atoms with Crippen molar-refractivity contribution in [3.63, 3.8) is 0 Å². The van der Waals surface area contributed by atoms with Gasteiger partial charge in [0.1, 0.15) is 11.2 Å². The van der Waals surface area contributed by atoms with E-state index in [1.54, 1.807) is 29.3 Å². The second-order valence-corrected chi connectivity index (χ2v) is 9.12. The molecule has 4 aromatic rings. The highest BCUT2D eigenvalue weighted by Gasteiger charge is 2.44. The van der Waals surface area contributed by atoms with Gasteiger partial charge in [-0.1, -0.05) is 0 Å². The Kier molecular flexibility index (Phi) is 4.49. The summed E-state index contributed by atoms with van der Waals surface area (Å²) in [6.45, 7) is 0. The van der Waals surface area contributed by atoms with E-state index in [1.165, 1.54) is 31.9 Å². The van der Waals surface area contributed by atoms with Crippen LogP contribution in [0.1, 0.15) is 49.0 Å². The van der Waals surface area contributed by atoms with Crippen LogP contribution in [-0.4, -0.2) is 55.1 Å². The number of fused-ring (bicyclic) bond motifs is 2. The summed E-state index contributed by atoms with van der Waals surface area (Å²) in [6.07, 6.45) is 14.7. The number of amides is 1. The maximum absolute atomic E-state index is 12.2.